The summed E-state index contributed by atoms with van der Waals surface area (Å²) in [5.74, 6) is -0.594. The average Bonchev–Trinajstić information content (AvgIpc) is 3.03. The largest absolute Gasteiger partial charge is 0.483 e. The molecule has 0 aromatic heterocycles. The molecule has 0 spiro atoms. The average molecular weight is 256 g/mol. The van der Waals surface area contributed by atoms with E-state index in [2.05, 4.69) is 9.78 Å². The van der Waals surface area contributed by atoms with Gasteiger partial charge in [0.25, 0.3) is 0 Å². The van der Waals surface area contributed by atoms with E-state index in [4.69, 9.17) is 23.1 Å². The highest BCUT2D eigenvalue weighted by atomic mass is 28.3. The van der Waals surface area contributed by atoms with Crippen LogP contribution in [0.25, 0.3) is 0 Å². The Morgan fingerprint density at radius 1 is 0.750 bits per heavy atom. The van der Waals surface area contributed by atoms with E-state index in [0.717, 1.165) is 12.8 Å². The van der Waals surface area contributed by atoms with Crippen LogP contribution in [-0.4, -0.2) is 50.9 Å². The van der Waals surface area contributed by atoms with Crippen molar-refractivity contribution in [1.29, 1.82) is 0 Å². The van der Waals surface area contributed by atoms with Crippen molar-refractivity contribution in [3.8, 4) is 0 Å². The van der Waals surface area contributed by atoms with E-state index >= 15 is 0 Å². The van der Waals surface area contributed by atoms with Gasteiger partial charge in [0.15, 0.2) is 0 Å². The molecule has 0 saturated heterocycles. The first kappa shape index (κ1) is 15.9. The van der Waals surface area contributed by atoms with Crippen LogP contribution in [0, 0.1) is 0 Å². The first-order valence-corrected chi connectivity index (χ1v) is 6.11. The van der Waals surface area contributed by atoms with Crippen molar-refractivity contribution in [2.24, 2.45) is 0 Å². The van der Waals surface area contributed by atoms with E-state index in [-0.39, 0.29) is 0 Å². The van der Waals surface area contributed by atoms with Crippen LogP contribution in [0.3, 0.4) is 0 Å². The predicted molar refractivity (Wildman–Crippen MR) is 56.3 cm³/mol. The summed E-state index contributed by atoms with van der Waals surface area (Å²) in [5, 5.41) is 0. The first-order chi connectivity index (χ1) is 7.67. The Hall–Kier alpha value is -0.0631. The van der Waals surface area contributed by atoms with Gasteiger partial charge >= 0.3 is 9.53 Å². The zero-order chi connectivity index (χ0) is 12.4. The normalized spacial score (nSPS) is 16.9. The number of hydrogen-bond donors (Lipinski definition) is 0. The van der Waals surface area contributed by atoms with Crippen LogP contribution in [-0.2, 0) is 32.8 Å². The summed E-state index contributed by atoms with van der Waals surface area (Å²) in [7, 11) is 5.94. The van der Waals surface area contributed by atoms with E-state index in [0.29, 0.717) is 0 Å². The first-order valence-electron chi connectivity index (χ1n) is 4.70. The van der Waals surface area contributed by atoms with Crippen LogP contribution < -0.4 is 0 Å². The van der Waals surface area contributed by atoms with Crippen LogP contribution in [0.2, 0.25) is 0 Å². The van der Waals surface area contributed by atoms with Gasteiger partial charge in [-0.2, -0.15) is 9.78 Å². The quantitative estimate of drug-likeness (QED) is 0.280. The summed E-state index contributed by atoms with van der Waals surface area (Å²) in [6, 6.07) is 0. The fourth-order valence-electron chi connectivity index (χ4n) is 0.875. The van der Waals surface area contributed by atoms with Crippen molar-refractivity contribution in [3.05, 3.63) is 0 Å². The van der Waals surface area contributed by atoms with Gasteiger partial charge in [0.1, 0.15) is 0 Å². The molecule has 0 atom stereocenters. The molecular weight excluding hydrogens is 236 g/mol. The maximum Gasteiger partial charge on any atom is 0.483 e. The molecule has 8 heteroatoms. The highest BCUT2D eigenvalue weighted by molar-refractivity contribution is 6.36. The predicted octanol–water partition coefficient (Wildman–Crippen LogP) is 0.275. The summed E-state index contributed by atoms with van der Waals surface area (Å²) in [6.07, 6.45) is 1.66. The van der Waals surface area contributed by atoms with Crippen LogP contribution in [0.4, 0.5) is 0 Å². The lowest BCUT2D eigenvalue weighted by Gasteiger charge is -2.10. The van der Waals surface area contributed by atoms with Gasteiger partial charge in [-0.25, -0.2) is 9.78 Å². The molecule has 0 unspecified atom stereocenters. The van der Waals surface area contributed by atoms with Gasteiger partial charge in [0.2, 0.25) is 5.79 Å². The molecule has 1 rings (SSSR count). The third kappa shape index (κ3) is 6.50. The van der Waals surface area contributed by atoms with E-state index in [1.54, 1.807) is 21.3 Å². The Labute approximate surface area is 97.3 Å². The molecule has 1 fully saturated rings. The van der Waals surface area contributed by atoms with Gasteiger partial charge in [-0.3, -0.25) is 0 Å². The van der Waals surface area contributed by atoms with Gasteiger partial charge in [-0.1, -0.05) is 0 Å². The van der Waals surface area contributed by atoms with Gasteiger partial charge < -0.3 is 13.3 Å². The monoisotopic (exact) mass is 256 g/mol. The lowest BCUT2D eigenvalue weighted by molar-refractivity contribution is -0.464. The molecular formula is C8H20O7Si. The van der Waals surface area contributed by atoms with E-state index in [9.17, 15) is 0 Å². The molecule has 0 heterocycles. The lowest BCUT2D eigenvalue weighted by Crippen LogP contribution is -2.21. The zero-order valence-corrected chi connectivity index (χ0v) is 11.5. The van der Waals surface area contributed by atoms with Crippen molar-refractivity contribution in [1.82, 2.24) is 0 Å². The highest BCUT2D eigenvalue weighted by Crippen LogP contribution is 2.40. The van der Waals surface area contributed by atoms with Crippen LogP contribution >= 0.6 is 0 Å². The summed E-state index contributed by atoms with van der Waals surface area (Å²) >= 11 is 0. The minimum atomic E-state index is -1.67. The molecule has 0 aromatic rings. The second-order valence-electron chi connectivity index (χ2n) is 2.91. The van der Waals surface area contributed by atoms with E-state index < -0.39 is 15.3 Å². The third-order valence-electron chi connectivity index (χ3n) is 1.71. The van der Waals surface area contributed by atoms with Gasteiger partial charge in [-0.15, -0.1) is 0 Å². The molecule has 1 aliphatic rings. The smallest absolute Gasteiger partial charge is 0.379 e. The van der Waals surface area contributed by atoms with Crippen molar-refractivity contribution in [3.63, 3.8) is 0 Å². The lowest BCUT2D eigenvalue weighted by atomic mass is 10.7. The van der Waals surface area contributed by atoms with Gasteiger partial charge in [0.05, 0.1) is 14.2 Å². The second kappa shape index (κ2) is 9.02. The molecule has 0 radical (unpaired) electrons. The van der Waals surface area contributed by atoms with Gasteiger partial charge in [0, 0.05) is 34.2 Å². The minimum absolute atomic E-state index is 0.594. The fraction of sp³-hybridized carbons (Fsp3) is 1.00. The van der Waals surface area contributed by atoms with Crippen LogP contribution in [0.1, 0.15) is 12.8 Å². The Balaban J connectivity index is 0.000000293. The Kier molecular flexibility index (Phi) is 8.98. The van der Waals surface area contributed by atoms with Crippen molar-refractivity contribution in [2.75, 3.05) is 35.5 Å². The molecule has 16 heavy (non-hydrogen) atoms. The number of rotatable bonds is 7. The zero-order valence-electron chi connectivity index (χ0n) is 10.3. The molecule has 0 N–H and O–H groups in total. The van der Waals surface area contributed by atoms with Crippen LogP contribution in [0.15, 0.2) is 0 Å². The van der Waals surface area contributed by atoms with Crippen molar-refractivity contribution >= 4 is 9.53 Å². The summed E-state index contributed by atoms with van der Waals surface area (Å²) in [4.78, 5) is 18.3. The minimum Gasteiger partial charge on any atom is -0.379 e. The van der Waals surface area contributed by atoms with Crippen LogP contribution in [0.5, 0.6) is 0 Å². The van der Waals surface area contributed by atoms with Gasteiger partial charge in [-0.05, 0) is 0 Å². The topological polar surface area (TPSA) is 64.6 Å². The Morgan fingerprint density at radius 2 is 1.12 bits per heavy atom. The van der Waals surface area contributed by atoms with Crippen molar-refractivity contribution in [2.45, 2.75) is 18.6 Å². The third-order valence-corrected chi connectivity index (χ3v) is 2.86. The maximum absolute atomic E-state index is 4.74. The molecule has 7 nitrogen and oxygen atoms in total. The molecule has 0 aliphatic heterocycles. The molecule has 1 aliphatic carbocycles. The Morgan fingerprint density at radius 3 is 1.25 bits per heavy atom. The van der Waals surface area contributed by atoms with E-state index in [1.165, 1.54) is 14.2 Å². The Bertz CT molecular complexity index is 147. The summed E-state index contributed by atoms with van der Waals surface area (Å²) in [5.41, 5.74) is 0. The standard InChI is InChI=1S/C5H10O4.C3H10O3Si/c1-6-8-5(3-4-5)9-7-2;1-4-7(5-2)6-3/h3-4H2,1-2H3;7H,1-3H3. The highest BCUT2D eigenvalue weighted by Gasteiger charge is 2.49. The molecule has 0 bridgehead atoms. The fourth-order valence-corrected chi connectivity index (χ4v) is 1.45. The molecule has 0 aromatic carbocycles. The maximum atomic E-state index is 4.74. The number of hydrogen-bond acceptors (Lipinski definition) is 7. The van der Waals surface area contributed by atoms with E-state index in [1.807, 2.05) is 0 Å². The summed E-state index contributed by atoms with van der Waals surface area (Å²) in [6.45, 7) is 0. The molecule has 1 saturated carbocycles. The van der Waals surface area contributed by atoms with Crippen molar-refractivity contribution < 1.29 is 32.8 Å². The SMILES string of the molecule is COOC1(OOC)CC1.CO[SiH](OC)OC. The summed E-state index contributed by atoms with van der Waals surface area (Å²) < 4.78 is 14.2. The molecule has 98 valence electrons. The molecule has 0 amide bonds. The second-order valence-corrected chi connectivity index (χ2v) is 4.90.